The number of benzene rings is 1. The molecule has 0 aromatic heterocycles. The molecular weight excluding hydrogens is 272 g/mol. The molecule has 1 unspecified atom stereocenters. The van der Waals surface area contributed by atoms with Crippen molar-refractivity contribution < 1.29 is 9.00 Å². The summed E-state index contributed by atoms with van der Waals surface area (Å²) >= 11 is 0. The Hall–Kier alpha value is -1.36. The third-order valence-corrected chi connectivity index (χ3v) is 5.71. The Morgan fingerprint density at radius 1 is 1.30 bits per heavy atom. The average Bonchev–Trinajstić information content (AvgIpc) is 2.57. The van der Waals surface area contributed by atoms with Crippen LogP contribution < -0.4 is 5.32 Å². The Morgan fingerprint density at radius 3 is 2.70 bits per heavy atom. The van der Waals surface area contributed by atoms with Crippen LogP contribution in [0.3, 0.4) is 0 Å². The molecule has 1 aromatic carbocycles. The Kier molecular flexibility index (Phi) is 4.81. The van der Waals surface area contributed by atoms with Crippen LogP contribution >= 0.6 is 0 Å². The summed E-state index contributed by atoms with van der Waals surface area (Å²) in [6.45, 7) is 5.78. The van der Waals surface area contributed by atoms with Gasteiger partial charge in [-0.3, -0.25) is 4.21 Å². The van der Waals surface area contributed by atoms with E-state index in [1.54, 1.807) is 4.90 Å². The van der Waals surface area contributed by atoms with Crippen LogP contribution in [0.1, 0.15) is 25.8 Å². The Balaban J connectivity index is 1.88. The van der Waals surface area contributed by atoms with E-state index in [1.165, 1.54) is 0 Å². The first-order valence-corrected chi connectivity index (χ1v) is 8.26. The number of urea groups is 1. The number of amides is 2. The molecule has 1 fully saturated rings. The molecule has 5 heteroatoms. The second-order valence-electron chi connectivity index (χ2n) is 5.69. The fourth-order valence-corrected chi connectivity index (χ4v) is 3.45. The third kappa shape index (κ3) is 3.82. The van der Waals surface area contributed by atoms with Crippen molar-refractivity contribution >= 4 is 16.8 Å². The highest BCUT2D eigenvalue weighted by atomic mass is 32.2. The predicted molar refractivity (Wildman–Crippen MR) is 82.0 cm³/mol. The number of carbonyl (C=O) groups excluding carboxylic acids is 1. The SMILES string of the molecule is CC1(C)CCN(C(=O)NCc2ccccc2)CCS1=O. The van der Waals surface area contributed by atoms with Crippen LogP contribution in [0.25, 0.3) is 0 Å². The fourth-order valence-electron chi connectivity index (χ4n) is 2.19. The predicted octanol–water partition coefficient (Wildman–Crippen LogP) is 2.13. The molecule has 4 nitrogen and oxygen atoms in total. The Labute approximate surface area is 123 Å². The molecule has 1 aliphatic rings. The summed E-state index contributed by atoms with van der Waals surface area (Å²) in [4.78, 5) is 13.9. The molecule has 1 aromatic rings. The highest BCUT2D eigenvalue weighted by molar-refractivity contribution is 7.86. The topological polar surface area (TPSA) is 49.4 Å². The molecule has 20 heavy (non-hydrogen) atoms. The Bertz CT molecular complexity index is 488. The van der Waals surface area contributed by atoms with Crippen molar-refractivity contribution in [2.45, 2.75) is 31.6 Å². The largest absolute Gasteiger partial charge is 0.334 e. The molecule has 2 amide bonds. The van der Waals surface area contributed by atoms with Crippen LogP contribution in [0.15, 0.2) is 30.3 Å². The minimum Gasteiger partial charge on any atom is -0.334 e. The third-order valence-electron chi connectivity index (χ3n) is 3.72. The van der Waals surface area contributed by atoms with Gasteiger partial charge in [-0.1, -0.05) is 30.3 Å². The highest BCUT2D eigenvalue weighted by Gasteiger charge is 2.31. The number of nitrogens with zero attached hydrogens (tertiary/aromatic N) is 1. The van der Waals surface area contributed by atoms with E-state index in [0.29, 0.717) is 25.4 Å². The zero-order valence-corrected chi connectivity index (χ0v) is 12.9. The van der Waals surface area contributed by atoms with Crippen molar-refractivity contribution in [2.75, 3.05) is 18.8 Å². The number of nitrogens with one attached hydrogen (secondary N) is 1. The second-order valence-corrected chi connectivity index (χ2v) is 7.90. The standard InChI is InChI=1S/C15H22N2O2S/c1-15(2)8-9-17(10-11-20(15)19)14(18)16-12-13-6-4-3-5-7-13/h3-7H,8-12H2,1-2H3,(H,16,18). The van der Waals surface area contributed by atoms with Crippen LogP contribution in [-0.2, 0) is 17.3 Å². The monoisotopic (exact) mass is 294 g/mol. The van der Waals surface area contributed by atoms with Crippen molar-refractivity contribution in [2.24, 2.45) is 0 Å². The Morgan fingerprint density at radius 2 is 2.00 bits per heavy atom. The van der Waals surface area contributed by atoms with Crippen molar-refractivity contribution in [3.63, 3.8) is 0 Å². The van der Waals surface area contributed by atoms with Crippen molar-refractivity contribution in [1.29, 1.82) is 0 Å². The van der Waals surface area contributed by atoms with E-state index in [9.17, 15) is 9.00 Å². The summed E-state index contributed by atoms with van der Waals surface area (Å²) in [5, 5.41) is 2.93. The molecule has 0 bridgehead atoms. The van der Waals surface area contributed by atoms with Gasteiger partial charge in [0, 0.05) is 40.9 Å². The zero-order valence-electron chi connectivity index (χ0n) is 12.1. The lowest BCUT2D eigenvalue weighted by Gasteiger charge is -2.22. The lowest BCUT2D eigenvalue weighted by molar-refractivity contribution is 0.200. The minimum absolute atomic E-state index is 0.0662. The van der Waals surface area contributed by atoms with E-state index in [1.807, 2.05) is 44.2 Å². The summed E-state index contributed by atoms with van der Waals surface area (Å²) in [5.74, 6) is 0.561. The first-order valence-electron chi connectivity index (χ1n) is 6.94. The quantitative estimate of drug-likeness (QED) is 0.908. The van der Waals surface area contributed by atoms with Gasteiger partial charge in [0.25, 0.3) is 0 Å². The van der Waals surface area contributed by atoms with Gasteiger partial charge < -0.3 is 10.2 Å². The lowest BCUT2D eigenvalue weighted by Crippen LogP contribution is -2.41. The molecule has 1 aliphatic heterocycles. The molecule has 0 saturated carbocycles. The molecule has 1 atom stereocenters. The van der Waals surface area contributed by atoms with Gasteiger partial charge in [-0.25, -0.2) is 4.79 Å². The summed E-state index contributed by atoms with van der Waals surface area (Å²) in [6.07, 6.45) is 0.776. The molecule has 2 rings (SSSR count). The summed E-state index contributed by atoms with van der Waals surface area (Å²) < 4.78 is 11.8. The average molecular weight is 294 g/mol. The van der Waals surface area contributed by atoms with Gasteiger partial charge >= 0.3 is 6.03 Å². The van der Waals surface area contributed by atoms with E-state index in [4.69, 9.17) is 0 Å². The van der Waals surface area contributed by atoms with E-state index in [2.05, 4.69) is 5.32 Å². The van der Waals surface area contributed by atoms with Gasteiger partial charge in [0.05, 0.1) is 0 Å². The summed E-state index contributed by atoms with van der Waals surface area (Å²) in [6, 6.07) is 9.78. The van der Waals surface area contributed by atoms with Gasteiger partial charge in [0.15, 0.2) is 0 Å². The fraction of sp³-hybridized carbons (Fsp3) is 0.533. The second kappa shape index (κ2) is 6.39. The molecule has 1 N–H and O–H groups in total. The van der Waals surface area contributed by atoms with Crippen molar-refractivity contribution in [1.82, 2.24) is 10.2 Å². The maximum Gasteiger partial charge on any atom is 0.317 e. The number of rotatable bonds is 2. The molecule has 1 heterocycles. The van der Waals surface area contributed by atoms with Gasteiger partial charge in [0.2, 0.25) is 0 Å². The minimum atomic E-state index is -0.867. The molecule has 0 aliphatic carbocycles. The summed E-state index contributed by atoms with van der Waals surface area (Å²) in [5.41, 5.74) is 1.08. The van der Waals surface area contributed by atoms with E-state index in [-0.39, 0.29) is 10.8 Å². The molecular formula is C15H22N2O2S. The maximum absolute atomic E-state index is 12.2. The normalized spacial score (nSPS) is 22.1. The van der Waals surface area contributed by atoms with Gasteiger partial charge in [0.1, 0.15) is 0 Å². The lowest BCUT2D eigenvalue weighted by atomic mass is 10.1. The molecule has 1 saturated heterocycles. The molecule has 0 radical (unpaired) electrons. The smallest absolute Gasteiger partial charge is 0.317 e. The highest BCUT2D eigenvalue weighted by Crippen LogP contribution is 2.21. The van der Waals surface area contributed by atoms with Crippen LogP contribution in [0, 0.1) is 0 Å². The van der Waals surface area contributed by atoms with Gasteiger partial charge in [-0.05, 0) is 25.8 Å². The van der Waals surface area contributed by atoms with Gasteiger partial charge in [-0.2, -0.15) is 0 Å². The molecule has 0 spiro atoms. The van der Waals surface area contributed by atoms with Crippen LogP contribution in [0.4, 0.5) is 4.79 Å². The van der Waals surface area contributed by atoms with Gasteiger partial charge in [-0.15, -0.1) is 0 Å². The van der Waals surface area contributed by atoms with Crippen molar-refractivity contribution in [3.8, 4) is 0 Å². The van der Waals surface area contributed by atoms with Crippen LogP contribution in [0.2, 0.25) is 0 Å². The number of hydrogen-bond donors (Lipinski definition) is 1. The number of hydrogen-bond acceptors (Lipinski definition) is 2. The van der Waals surface area contributed by atoms with Crippen molar-refractivity contribution in [3.05, 3.63) is 35.9 Å². The zero-order chi connectivity index (χ0) is 14.6. The van der Waals surface area contributed by atoms with E-state index >= 15 is 0 Å². The van der Waals surface area contributed by atoms with Crippen LogP contribution in [-0.4, -0.2) is 38.7 Å². The first kappa shape index (κ1) is 15.0. The maximum atomic E-state index is 12.2. The van der Waals surface area contributed by atoms with Crippen LogP contribution in [0.5, 0.6) is 0 Å². The van der Waals surface area contributed by atoms with E-state index in [0.717, 1.165) is 12.0 Å². The number of carbonyl (C=O) groups is 1. The molecule has 110 valence electrons. The van der Waals surface area contributed by atoms with E-state index < -0.39 is 10.8 Å². The first-order chi connectivity index (χ1) is 9.49. The summed E-state index contributed by atoms with van der Waals surface area (Å²) in [7, 11) is -0.867.